The largest absolute Gasteiger partial charge is 0.252 e. The van der Waals surface area contributed by atoms with Crippen molar-refractivity contribution >= 4 is 10.9 Å². The van der Waals surface area contributed by atoms with Crippen LogP contribution < -0.4 is 0 Å². The maximum atomic E-state index is 13.4. The maximum Gasteiger partial charge on any atom is 0.132 e. The zero-order valence-electron chi connectivity index (χ0n) is 9.00. The molecular weight excluding hydrogens is 189 g/mol. The van der Waals surface area contributed by atoms with Crippen LogP contribution in [0.15, 0.2) is 30.3 Å². The van der Waals surface area contributed by atoms with Gasteiger partial charge in [-0.3, -0.25) is 4.98 Å². The van der Waals surface area contributed by atoms with Crippen LogP contribution in [0.4, 0.5) is 4.39 Å². The fraction of sp³-hybridized carbons (Fsp3) is 0.308. The van der Waals surface area contributed by atoms with Crippen molar-refractivity contribution in [3.63, 3.8) is 0 Å². The first kappa shape index (κ1) is 10.1. The van der Waals surface area contributed by atoms with E-state index in [0.29, 0.717) is 11.3 Å². The van der Waals surface area contributed by atoms with Gasteiger partial charge < -0.3 is 0 Å². The van der Waals surface area contributed by atoms with E-state index < -0.39 is 0 Å². The Morgan fingerprint density at radius 3 is 2.80 bits per heavy atom. The number of hydrogen-bond donors (Lipinski definition) is 0. The van der Waals surface area contributed by atoms with Crippen molar-refractivity contribution < 1.29 is 4.39 Å². The summed E-state index contributed by atoms with van der Waals surface area (Å²) in [6.07, 6.45) is 1.05. The number of nitrogens with zero attached hydrogens (tertiary/aromatic N) is 1. The molecule has 0 N–H and O–H groups in total. The third kappa shape index (κ3) is 1.84. The highest BCUT2D eigenvalue weighted by Gasteiger charge is 2.06. The molecule has 1 unspecified atom stereocenters. The molecule has 1 aromatic carbocycles. The molecule has 2 aromatic rings. The molecule has 0 amide bonds. The van der Waals surface area contributed by atoms with Crippen LogP contribution >= 0.6 is 0 Å². The molecule has 0 saturated carbocycles. The molecule has 0 radical (unpaired) electrons. The lowest BCUT2D eigenvalue weighted by Gasteiger charge is -2.08. The summed E-state index contributed by atoms with van der Waals surface area (Å²) >= 11 is 0. The van der Waals surface area contributed by atoms with Crippen LogP contribution in [0.3, 0.4) is 0 Å². The van der Waals surface area contributed by atoms with Gasteiger partial charge in [-0.25, -0.2) is 4.39 Å². The molecule has 0 saturated heterocycles. The third-order valence-electron chi connectivity index (χ3n) is 2.82. The molecule has 0 aliphatic heterocycles. The average Bonchev–Trinajstić information content (AvgIpc) is 2.28. The molecule has 15 heavy (non-hydrogen) atoms. The first-order valence-electron chi connectivity index (χ1n) is 5.27. The number of halogens is 1. The van der Waals surface area contributed by atoms with Crippen LogP contribution in [0.1, 0.15) is 31.9 Å². The molecule has 0 bridgehead atoms. The lowest BCUT2D eigenvalue weighted by molar-refractivity contribution is 0.639. The Morgan fingerprint density at radius 2 is 2.07 bits per heavy atom. The van der Waals surface area contributed by atoms with E-state index in [4.69, 9.17) is 0 Å². The minimum absolute atomic E-state index is 0.198. The highest BCUT2D eigenvalue weighted by atomic mass is 19.1. The first-order valence-corrected chi connectivity index (χ1v) is 5.27. The minimum Gasteiger partial charge on any atom is -0.252 e. The Kier molecular flexibility index (Phi) is 2.67. The van der Waals surface area contributed by atoms with Gasteiger partial charge in [0.25, 0.3) is 0 Å². The average molecular weight is 203 g/mol. The summed E-state index contributed by atoms with van der Waals surface area (Å²) < 4.78 is 13.4. The van der Waals surface area contributed by atoms with E-state index in [0.717, 1.165) is 17.6 Å². The van der Waals surface area contributed by atoms with Crippen molar-refractivity contribution in [2.45, 2.75) is 26.2 Å². The fourth-order valence-corrected chi connectivity index (χ4v) is 1.62. The minimum atomic E-state index is -0.198. The van der Waals surface area contributed by atoms with Gasteiger partial charge >= 0.3 is 0 Å². The summed E-state index contributed by atoms with van der Waals surface area (Å²) in [5, 5.41) is 0.601. The Morgan fingerprint density at radius 1 is 1.27 bits per heavy atom. The zero-order chi connectivity index (χ0) is 10.8. The second-order valence-corrected chi connectivity index (χ2v) is 3.85. The predicted octanol–water partition coefficient (Wildman–Crippen LogP) is 3.89. The van der Waals surface area contributed by atoms with Crippen molar-refractivity contribution in [3.8, 4) is 0 Å². The number of fused-ring (bicyclic) bond motifs is 1. The van der Waals surface area contributed by atoms with Crippen LogP contribution in [0.2, 0.25) is 0 Å². The summed E-state index contributed by atoms with van der Waals surface area (Å²) in [5.74, 6) is 0.230. The second-order valence-electron chi connectivity index (χ2n) is 3.85. The van der Waals surface area contributed by atoms with E-state index in [-0.39, 0.29) is 5.82 Å². The molecule has 1 heterocycles. The molecule has 0 aliphatic rings. The number of benzene rings is 1. The molecule has 0 aliphatic carbocycles. The summed E-state index contributed by atoms with van der Waals surface area (Å²) in [4.78, 5) is 4.47. The zero-order valence-corrected chi connectivity index (χ0v) is 9.00. The Hall–Kier alpha value is -1.44. The Balaban J connectivity index is 2.57. The molecule has 2 rings (SSSR count). The van der Waals surface area contributed by atoms with E-state index in [1.807, 2.05) is 18.2 Å². The van der Waals surface area contributed by atoms with Gasteiger partial charge in [0.1, 0.15) is 5.82 Å². The summed E-state index contributed by atoms with van der Waals surface area (Å²) in [5.41, 5.74) is 1.78. The molecule has 1 atom stereocenters. The number of pyridine rings is 1. The molecular formula is C13H14FN. The Labute approximate surface area is 89.0 Å². The predicted molar refractivity (Wildman–Crippen MR) is 60.4 cm³/mol. The lowest BCUT2D eigenvalue weighted by Crippen LogP contribution is -1.96. The van der Waals surface area contributed by atoms with Gasteiger partial charge in [-0.1, -0.05) is 19.9 Å². The SMILES string of the molecule is CCC(C)c1ccc2c(F)cccc2n1. The molecule has 1 nitrogen and oxygen atoms in total. The normalized spacial score (nSPS) is 13.0. The number of aromatic nitrogens is 1. The Bertz CT molecular complexity index is 479. The van der Waals surface area contributed by atoms with Crippen LogP contribution in [-0.2, 0) is 0 Å². The lowest BCUT2D eigenvalue weighted by atomic mass is 10.0. The fourth-order valence-electron chi connectivity index (χ4n) is 1.62. The van der Waals surface area contributed by atoms with Crippen LogP contribution in [0.25, 0.3) is 10.9 Å². The van der Waals surface area contributed by atoms with Gasteiger partial charge in [-0.15, -0.1) is 0 Å². The smallest absolute Gasteiger partial charge is 0.132 e. The molecule has 2 heteroatoms. The van der Waals surface area contributed by atoms with E-state index in [1.54, 1.807) is 6.07 Å². The van der Waals surface area contributed by atoms with Crippen molar-refractivity contribution in [3.05, 3.63) is 41.8 Å². The van der Waals surface area contributed by atoms with E-state index in [9.17, 15) is 4.39 Å². The van der Waals surface area contributed by atoms with E-state index in [1.165, 1.54) is 6.07 Å². The third-order valence-corrected chi connectivity index (χ3v) is 2.82. The first-order chi connectivity index (χ1) is 7.22. The molecule has 1 aromatic heterocycles. The quantitative estimate of drug-likeness (QED) is 0.721. The number of hydrogen-bond acceptors (Lipinski definition) is 1. The topological polar surface area (TPSA) is 12.9 Å². The summed E-state index contributed by atoms with van der Waals surface area (Å²) in [6.45, 7) is 4.26. The van der Waals surface area contributed by atoms with E-state index >= 15 is 0 Å². The van der Waals surface area contributed by atoms with Gasteiger partial charge in [0, 0.05) is 11.1 Å². The monoisotopic (exact) mass is 203 g/mol. The molecule has 0 spiro atoms. The maximum absolute atomic E-state index is 13.4. The van der Waals surface area contributed by atoms with Gasteiger partial charge in [-0.05, 0) is 36.6 Å². The van der Waals surface area contributed by atoms with Gasteiger partial charge in [0.2, 0.25) is 0 Å². The highest BCUT2D eigenvalue weighted by molar-refractivity contribution is 5.79. The van der Waals surface area contributed by atoms with Crippen molar-refractivity contribution in [1.82, 2.24) is 4.98 Å². The van der Waals surface area contributed by atoms with Gasteiger partial charge in [0.15, 0.2) is 0 Å². The van der Waals surface area contributed by atoms with Crippen molar-refractivity contribution in [1.29, 1.82) is 0 Å². The summed E-state index contributed by atoms with van der Waals surface area (Å²) in [6, 6.07) is 8.75. The van der Waals surface area contributed by atoms with Crippen LogP contribution in [0, 0.1) is 5.82 Å². The standard InChI is InChI=1S/C13H14FN/c1-3-9(2)12-8-7-10-11(14)5-4-6-13(10)15-12/h4-9H,3H2,1-2H3. The number of rotatable bonds is 2. The van der Waals surface area contributed by atoms with Gasteiger partial charge in [-0.2, -0.15) is 0 Å². The van der Waals surface area contributed by atoms with Crippen LogP contribution in [-0.4, -0.2) is 4.98 Å². The summed E-state index contributed by atoms with van der Waals surface area (Å²) in [7, 11) is 0. The van der Waals surface area contributed by atoms with Crippen molar-refractivity contribution in [2.24, 2.45) is 0 Å². The second kappa shape index (κ2) is 3.97. The molecule has 78 valence electrons. The van der Waals surface area contributed by atoms with Gasteiger partial charge in [0.05, 0.1) is 5.52 Å². The molecule has 0 fully saturated rings. The van der Waals surface area contributed by atoms with Crippen LogP contribution in [0.5, 0.6) is 0 Å². The highest BCUT2D eigenvalue weighted by Crippen LogP contribution is 2.21. The van der Waals surface area contributed by atoms with Crippen molar-refractivity contribution in [2.75, 3.05) is 0 Å². The van der Waals surface area contributed by atoms with E-state index in [2.05, 4.69) is 18.8 Å².